The van der Waals surface area contributed by atoms with Crippen LogP contribution < -0.4 is 0 Å². The number of hydrogen-bond acceptors (Lipinski definition) is 2. The molecule has 112 valence electrons. The maximum absolute atomic E-state index is 13.8. The molecule has 1 amide bonds. The summed E-state index contributed by atoms with van der Waals surface area (Å²) >= 11 is 2.13. The van der Waals surface area contributed by atoms with Crippen molar-refractivity contribution in [2.75, 3.05) is 6.54 Å². The molecule has 20 heavy (non-hydrogen) atoms. The van der Waals surface area contributed by atoms with Crippen molar-refractivity contribution in [3.63, 3.8) is 0 Å². The van der Waals surface area contributed by atoms with Crippen molar-refractivity contribution in [2.45, 2.75) is 46.3 Å². The lowest BCUT2D eigenvalue weighted by Gasteiger charge is -2.27. The summed E-state index contributed by atoms with van der Waals surface area (Å²) in [6, 6.07) is 4.89. The van der Waals surface area contributed by atoms with Crippen LogP contribution in [0.5, 0.6) is 0 Å². The van der Waals surface area contributed by atoms with Crippen LogP contribution in [0.25, 0.3) is 0 Å². The minimum atomic E-state index is -0.549. The average molecular weight is 393 g/mol. The van der Waals surface area contributed by atoms with Crippen molar-refractivity contribution in [2.24, 2.45) is 0 Å². The number of benzene rings is 1. The van der Waals surface area contributed by atoms with E-state index in [-0.39, 0.29) is 12.4 Å². The molecule has 0 radical (unpaired) electrons. The van der Waals surface area contributed by atoms with Gasteiger partial charge in [0.05, 0.1) is 6.54 Å². The summed E-state index contributed by atoms with van der Waals surface area (Å²) in [5.41, 5.74) is -0.0385. The Labute approximate surface area is 133 Å². The third-order valence-electron chi connectivity index (χ3n) is 2.51. The standard InChI is InChI=1S/C15H21FINO2/c1-5-8-18(14(19)20-15(2,3)4)10-11-9-12(17)6-7-13(11)16/h6-7,9H,5,8,10H2,1-4H3. The molecule has 0 saturated heterocycles. The van der Waals surface area contributed by atoms with Crippen molar-refractivity contribution >= 4 is 28.7 Å². The summed E-state index contributed by atoms with van der Waals surface area (Å²) in [5, 5.41) is 0. The van der Waals surface area contributed by atoms with Crippen LogP contribution in [-0.4, -0.2) is 23.1 Å². The smallest absolute Gasteiger partial charge is 0.410 e. The molecule has 0 aliphatic rings. The molecule has 0 spiro atoms. The highest BCUT2D eigenvalue weighted by atomic mass is 127. The molecular formula is C15H21FINO2. The van der Waals surface area contributed by atoms with Crippen molar-refractivity contribution in [1.82, 2.24) is 4.90 Å². The number of halogens is 2. The zero-order chi connectivity index (χ0) is 15.3. The third kappa shape index (κ3) is 5.64. The lowest BCUT2D eigenvalue weighted by atomic mass is 10.2. The number of ether oxygens (including phenoxy) is 1. The summed E-state index contributed by atoms with van der Waals surface area (Å²) in [7, 11) is 0. The molecular weight excluding hydrogens is 372 g/mol. The van der Waals surface area contributed by atoms with Gasteiger partial charge in [-0.2, -0.15) is 0 Å². The molecule has 0 aliphatic heterocycles. The van der Waals surface area contributed by atoms with Crippen LogP contribution in [0.4, 0.5) is 9.18 Å². The highest BCUT2D eigenvalue weighted by molar-refractivity contribution is 14.1. The number of rotatable bonds is 4. The van der Waals surface area contributed by atoms with Crippen molar-refractivity contribution in [3.05, 3.63) is 33.1 Å². The van der Waals surface area contributed by atoms with Gasteiger partial charge in [0.25, 0.3) is 0 Å². The van der Waals surface area contributed by atoms with E-state index in [2.05, 4.69) is 22.6 Å². The Morgan fingerprint density at radius 1 is 1.40 bits per heavy atom. The molecule has 1 rings (SSSR count). The lowest BCUT2D eigenvalue weighted by molar-refractivity contribution is 0.0232. The van der Waals surface area contributed by atoms with Gasteiger partial charge in [-0.05, 0) is 68.0 Å². The second-order valence-electron chi connectivity index (χ2n) is 5.64. The minimum absolute atomic E-state index is 0.228. The molecule has 3 nitrogen and oxygen atoms in total. The van der Waals surface area contributed by atoms with E-state index in [1.165, 1.54) is 6.07 Å². The molecule has 0 saturated carbocycles. The molecule has 0 unspecified atom stereocenters. The molecule has 0 aromatic heterocycles. The minimum Gasteiger partial charge on any atom is -0.444 e. The van der Waals surface area contributed by atoms with Crippen LogP contribution in [-0.2, 0) is 11.3 Å². The third-order valence-corrected chi connectivity index (χ3v) is 3.19. The van der Waals surface area contributed by atoms with Crippen LogP contribution in [0.2, 0.25) is 0 Å². The predicted molar refractivity (Wildman–Crippen MR) is 86.1 cm³/mol. The maximum Gasteiger partial charge on any atom is 0.410 e. The summed E-state index contributed by atoms with van der Waals surface area (Å²) in [5.74, 6) is -0.296. The zero-order valence-electron chi connectivity index (χ0n) is 12.4. The van der Waals surface area contributed by atoms with Gasteiger partial charge >= 0.3 is 6.09 Å². The first kappa shape index (κ1) is 17.2. The number of carbonyl (C=O) groups excluding carboxylic acids is 1. The number of hydrogen-bond donors (Lipinski definition) is 0. The largest absolute Gasteiger partial charge is 0.444 e. The van der Waals surface area contributed by atoms with Crippen LogP contribution in [0, 0.1) is 9.39 Å². The first-order valence-corrected chi connectivity index (χ1v) is 7.72. The van der Waals surface area contributed by atoms with Gasteiger partial charge in [0.15, 0.2) is 0 Å². The van der Waals surface area contributed by atoms with Gasteiger partial charge in [-0.1, -0.05) is 6.92 Å². The second-order valence-corrected chi connectivity index (χ2v) is 6.88. The summed E-state index contributed by atoms with van der Waals surface area (Å²) in [6.45, 7) is 8.21. The molecule has 0 heterocycles. The van der Waals surface area contributed by atoms with E-state index in [1.54, 1.807) is 17.0 Å². The Morgan fingerprint density at radius 3 is 2.60 bits per heavy atom. The topological polar surface area (TPSA) is 29.5 Å². The highest BCUT2D eigenvalue weighted by Crippen LogP contribution is 2.17. The monoisotopic (exact) mass is 393 g/mol. The average Bonchev–Trinajstić information content (AvgIpc) is 2.31. The lowest BCUT2D eigenvalue weighted by Crippen LogP contribution is -2.37. The second kappa shape index (κ2) is 7.24. The zero-order valence-corrected chi connectivity index (χ0v) is 14.5. The number of amides is 1. The predicted octanol–water partition coefficient (Wildman–Crippen LogP) is 4.58. The van der Waals surface area contributed by atoms with Gasteiger partial charge in [-0.15, -0.1) is 0 Å². The summed E-state index contributed by atoms with van der Waals surface area (Å²) in [4.78, 5) is 13.7. The molecule has 0 fully saturated rings. The number of nitrogens with zero attached hydrogens (tertiary/aromatic N) is 1. The van der Waals surface area contributed by atoms with Crippen LogP contribution in [0.3, 0.4) is 0 Å². The SMILES string of the molecule is CCCN(Cc1cc(I)ccc1F)C(=O)OC(C)(C)C. The maximum atomic E-state index is 13.8. The Hall–Kier alpha value is -0.850. The highest BCUT2D eigenvalue weighted by Gasteiger charge is 2.22. The molecule has 1 aromatic rings. The van der Waals surface area contributed by atoms with Gasteiger partial charge in [0.1, 0.15) is 11.4 Å². The first-order valence-electron chi connectivity index (χ1n) is 6.65. The fraction of sp³-hybridized carbons (Fsp3) is 0.533. The van der Waals surface area contributed by atoms with Crippen molar-refractivity contribution in [3.8, 4) is 0 Å². The Morgan fingerprint density at radius 2 is 2.05 bits per heavy atom. The first-order chi connectivity index (χ1) is 9.23. The van der Waals surface area contributed by atoms with E-state index in [0.29, 0.717) is 12.1 Å². The van der Waals surface area contributed by atoms with Gasteiger partial charge in [0, 0.05) is 15.7 Å². The molecule has 0 aliphatic carbocycles. The van der Waals surface area contributed by atoms with Crippen LogP contribution >= 0.6 is 22.6 Å². The van der Waals surface area contributed by atoms with E-state index in [0.717, 1.165) is 9.99 Å². The Bertz CT molecular complexity index is 471. The normalized spacial score (nSPS) is 11.3. The summed E-state index contributed by atoms with van der Waals surface area (Å²) in [6.07, 6.45) is 0.391. The molecule has 5 heteroatoms. The van der Waals surface area contributed by atoms with E-state index in [1.807, 2.05) is 27.7 Å². The van der Waals surface area contributed by atoms with E-state index in [9.17, 15) is 9.18 Å². The Balaban J connectivity index is 2.86. The number of carbonyl (C=O) groups is 1. The molecule has 1 aromatic carbocycles. The molecule has 0 atom stereocenters. The van der Waals surface area contributed by atoms with E-state index < -0.39 is 11.7 Å². The van der Waals surface area contributed by atoms with E-state index >= 15 is 0 Å². The summed E-state index contributed by atoms with van der Waals surface area (Å²) < 4.78 is 20.1. The van der Waals surface area contributed by atoms with Gasteiger partial charge in [-0.25, -0.2) is 9.18 Å². The van der Waals surface area contributed by atoms with Gasteiger partial charge < -0.3 is 9.64 Å². The van der Waals surface area contributed by atoms with Crippen LogP contribution in [0.1, 0.15) is 39.7 Å². The van der Waals surface area contributed by atoms with E-state index in [4.69, 9.17) is 4.74 Å². The van der Waals surface area contributed by atoms with Crippen molar-refractivity contribution < 1.29 is 13.9 Å². The fourth-order valence-corrected chi connectivity index (χ4v) is 2.26. The van der Waals surface area contributed by atoms with Crippen LogP contribution in [0.15, 0.2) is 18.2 Å². The van der Waals surface area contributed by atoms with Crippen molar-refractivity contribution in [1.29, 1.82) is 0 Å². The molecule has 0 N–H and O–H groups in total. The quantitative estimate of drug-likeness (QED) is 0.701. The molecule has 0 bridgehead atoms. The van der Waals surface area contributed by atoms with Gasteiger partial charge in [-0.3, -0.25) is 0 Å². The fourth-order valence-electron chi connectivity index (χ4n) is 1.70. The van der Waals surface area contributed by atoms with Gasteiger partial charge in [0.2, 0.25) is 0 Å². The Kier molecular flexibility index (Phi) is 6.23.